The lowest BCUT2D eigenvalue weighted by molar-refractivity contribution is -0.150. The van der Waals surface area contributed by atoms with Crippen LogP contribution in [0.3, 0.4) is 0 Å². The molecule has 5 heteroatoms. The minimum absolute atomic E-state index is 0.268. The van der Waals surface area contributed by atoms with Crippen molar-refractivity contribution in [1.29, 1.82) is 0 Å². The molecule has 0 saturated heterocycles. The first kappa shape index (κ1) is 15.1. The molecule has 0 amide bonds. The van der Waals surface area contributed by atoms with Crippen molar-refractivity contribution in [3.63, 3.8) is 0 Å². The smallest absolute Gasteiger partial charge is 0.312 e. The predicted molar refractivity (Wildman–Crippen MR) is 71.6 cm³/mol. The lowest BCUT2D eigenvalue weighted by Crippen LogP contribution is -2.36. The van der Waals surface area contributed by atoms with E-state index in [9.17, 15) is 9.18 Å². The van der Waals surface area contributed by atoms with E-state index in [2.05, 4.69) is 21.2 Å². The zero-order valence-electron chi connectivity index (χ0n) is 10.7. The van der Waals surface area contributed by atoms with Crippen molar-refractivity contribution < 1.29 is 13.9 Å². The Labute approximate surface area is 115 Å². The molecule has 0 saturated carbocycles. The Bertz CT molecular complexity index is 415. The van der Waals surface area contributed by atoms with Crippen LogP contribution in [0, 0.1) is 11.2 Å². The van der Waals surface area contributed by atoms with Gasteiger partial charge in [0, 0.05) is 17.6 Å². The summed E-state index contributed by atoms with van der Waals surface area (Å²) in [6.07, 6.45) is 0. The SMILES string of the molecule is COC(=O)C(C)(C)CNCc1cc(F)cc(Br)c1. The van der Waals surface area contributed by atoms with Gasteiger partial charge >= 0.3 is 5.97 Å². The molecule has 1 aromatic rings. The van der Waals surface area contributed by atoms with Crippen molar-refractivity contribution in [3.8, 4) is 0 Å². The van der Waals surface area contributed by atoms with Gasteiger partial charge in [0.2, 0.25) is 0 Å². The number of esters is 1. The number of hydrogen-bond donors (Lipinski definition) is 1. The van der Waals surface area contributed by atoms with E-state index in [0.29, 0.717) is 17.6 Å². The minimum Gasteiger partial charge on any atom is -0.469 e. The van der Waals surface area contributed by atoms with E-state index in [0.717, 1.165) is 5.56 Å². The second kappa shape index (κ2) is 6.29. The summed E-state index contributed by atoms with van der Waals surface area (Å²) in [6.45, 7) is 4.56. The van der Waals surface area contributed by atoms with Crippen LogP contribution in [-0.2, 0) is 16.1 Å². The van der Waals surface area contributed by atoms with E-state index in [1.807, 2.05) is 6.07 Å². The number of halogens is 2. The van der Waals surface area contributed by atoms with Crippen molar-refractivity contribution in [2.75, 3.05) is 13.7 Å². The van der Waals surface area contributed by atoms with Gasteiger partial charge in [0.1, 0.15) is 5.82 Å². The fraction of sp³-hybridized carbons (Fsp3) is 0.462. The maximum Gasteiger partial charge on any atom is 0.312 e. The van der Waals surface area contributed by atoms with Crippen molar-refractivity contribution in [2.45, 2.75) is 20.4 Å². The van der Waals surface area contributed by atoms with E-state index in [1.165, 1.54) is 19.2 Å². The van der Waals surface area contributed by atoms with Crippen LogP contribution >= 0.6 is 15.9 Å². The van der Waals surface area contributed by atoms with Gasteiger partial charge in [0.25, 0.3) is 0 Å². The van der Waals surface area contributed by atoms with Crippen molar-refractivity contribution in [2.24, 2.45) is 5.41 Å². The monoisotopic (exact) mass is 317 g/mol. The summed E-state index contributed by atoms with van der Waals surface area (Å²) in [7, 11) is 1.37. The highest BCUT2D eigenvalue weighted by Crippen LogP contribution is 2.17. The third-order valence-corrected chi connectivity index (χ3v) is 3.01. The molecule has 1 N–H and O–H groups in total. The average Bonchev–Trinajstić information content (AvgIpc) is 2.26. The van der Waals surface area contributed by atoms with Gasteiger partial charge in [-0.1, -0.05) is 15.9 Å². The molecule has 0 spiro atoms. The molecule has 100 valence electrons. The van der Waals surface area contributed by atoms with Crippen LogP contribution < -0.4 is 5.32 Å². The van der Waals surface area contributed by atoms with Crippen molar-refractivity contribution in [3.05, 3.63) is 34.1 Å². The van der Waals surface area contributed by atoms with Gasteiger partial charge in [-0.15, -0.1) is 0 Å². The van der Waals surface area contributed by atoms with Crippen LogP contribution in [0.2, 0.25) is 0 Å². The average molecular weight is 318 g/mol. The van der Waals surface area contributed by atoms with E-state index >= 15 is 0 Å². The van der Waals surface area contributed by atoms with Crippen LogP contribution in [0.15, 0.2) is 22.7 Å². The first-order chi connectivity index (χ1) is 8.35. The molecule has 0 atom stereocenters. The molecule has 3 nitrogen and oxygen atoms in total. The molecule has 0 fully saturated rings. The molecule has 0 radical (unpaired) electrons. The molecule has 1 rings (SSSR count). The zero-order valence-corrected chi connectivity index (χ0v) is 12.3. The lowest BCUT2D eigenvalue weighted by atomic mass is 9.94. The van der Waals surface area contributed by atoms with Crippen LogP contribution in [-0.4, -0.2) is 19.6 Å². The third-order valence-electron chi connectivity index (χ3n) is 2.56. The molecule has 0 unspecified atom stereocenters. The second-order valence-corrected chi connectivity index (χ2v) is 5.67. The summed E-state index contributed by atoms with van der Waals surface area (Å²) in [4.78, 5) is 11.5. The van der Waals surface area contributed by atoms with E-state index < -0.39 is 5.41 Å². The maximum atomic E-state index is 13.1. The molecule has 0 aliphatic rings. The van der Waals surface area contributed by atoms with Crippen molar-refractivity contribution >= 4 is 21.9 Å². The van der Waals surface area contributed by atoms with E-state index in [4.69, 9.17) is 4.74 Å². The van der Waals surface area contributed by atoms with Gasteiger partial charge in [-0.3, -0.25) is 4.79 Å². The topological polar surface area (TPSA) is 38.3 Å². The number of ether oxygens (including phenoxy) is 1. The Morgan fingerprint density at radius 2 is 2.11 bits per heavy atom. The molecule has 0 aliphatic carbocycles. The number of carbonyl (C=O) groups is 1. The Balaban J connectivity index is 2.53. The van der Waals surface area contributed by atoms with E-state index in [-0.39, 0.29) is 11.8 Å². The zero-order chi connectivity index (χ0) is 13.8. The Kier molecular flexibility index (Phi) is 5.28. The van der Waals surface area contributed by atoms with Gasteiger partial charge in [0.15, 0.2) is 0 Å². The Morgan fingerprint density at radius 3 is 2.67 bits per heavy atom. The van der Waals surface area contributed by atoms with E-state index in [1.54, 1.807) is 13.8 Å². The maximum absolute atomic E-state index is 13.1. The Morgan fingerprint density at radius 1 is 1.44 bits per heavy atom. The largest absolute Gasteiger partial charge is 0.469 e. The fourth-order valence-electron chi connectivity index (χ4n) is 1.58. The van der Waals surface area contributed by atoms with Gasteiger partial charge in [-0.25, -0.2) is 4.39 Å². The number of nitrogens with one attached hydrogen (secondary N) is 1. The van der Waals surface area contributed by atoms with Crippen LogP contribution in [0.4, 0.5) is 4.39 Å². The predicted octanol–water partition coefficient (Wildman–Crippen LogP) is 2.88. The lowest BCUT2D eigenvalue weighted by Gasteiger charge is -2.21. The number of rotatable bonds is 5. The normalized spacial score (nSPS) is 11.4. The number of methoxy groups -OCH3 is 1. The third kappa shape index (κ3) is 4.38. The molecule has 0 bridgehead atoms. The second-order valence-electron chi connectivity index (χ2n) is 4.76. The van der Waals surface area contributed by atoms with Crippen LogP contribution in [0.1, 0.15) is 19.4 Å². The Hall–Kier alpha value is -0.940. The summed E-state index contributed by atoms with van der Waals surface area (Å²) >= 11 is 3.24. The van der Waals surface area contributed by atoms with Gasteiger partial charge < -0.3 is 10.1 Å². The highest BCUT2D eigenvalue weighted by atomic mass is 79.9. The number of carbonyl (C=O) groups excluding carboxylic acids is 1. The molecule has 18 heavy (non-hydrogen) atoms. The van der Waals surface area contributed by atoms with Crippen molar-refractivity contribution in [1.82, 2.24) is 5.32 Å². The minimum atomic E-state index is -0.598. The summed E-state index contributed by atoms with van der Waals surface area (Å²) in [5, 5.41) is 3.12. The molecular weight excluding hydrogens is 301 g/mol. The van der Waals surface area contributed by atoms with Gasteiger partial charge in [0.05, 0.1) is 12.5 Å². The first-order valence-electron chi connectivity index (χ1n) is 5.59. The quantitative estimate of drug-likeness (QED) is 0.849. The van der Waals surface area contributed by atoms with Gasteiger partial charge in [-0.05, 0) is 37.6 Å². The standard InChI is InChI=1S/C13H17BrFNO2/c1-13(2,12(17)18-3)8-16-7-9-4-10(14)6-11(15)5-9/h4-6,16H,7-8H2,1-3H3. The fourth-order valence-corrected chi connectivity index (χ4v) is 2.09. The van der Waals surface area contributed by atoms with Crippen LogP contribution in [0.25, 0.3) is 0 Å². The molecule has 1 aromatic carbocycles. The van der Waals surface area contributed by atoms with Gasteiger partial charge in [-0.2, -0.15) is 0 Å². The highest BCUT2D eigenvalue weighted by Gasteiger charge is 2.27. The first-order valence-corrected chi connectivity index (χ1v) is 6.38. The molecule has 0 heterocycles. The molecule has 0 aliphatic heterocycles. The molecule has 0 aromatic heterocycles. The molecular formula is C13H17BrFNO2. The summed E-state index contributed by atoms with van der Waals surface area (Å²) in [6, 6.07) is 4.70. The highest BCUT2D eigenvalue weighted by molar-refractivity contribution is 9.10. The summed E-state index contributed by atoms with van der Waals surface area (Å²) in [5.41, 5.74) is 0.224. The number of benzene rings is 1. The summed E-state index contributed by atoms with van der Waals surface area (Å²) in [5.74, 6) is -0.552. The number of hydrogen-bond acceptors (Lipinski definition) is 3. The van der Waals surface area contributed by atoms with Crippen LogP contribution in [0.5, 0.6) is 0 Å². The summed E-state index contributed by atoms with van der Waals surface area (Å²) < 4.78 is 18.6.